The van der Waals surface area contributed by atoms with Gasteiger partial charge in [-0.1, -0.05) is 16.1 Å². The molecule has 17 heavy (non-hydrogen) atoms. The van der Waals surface area contributed by atoms with Crippen LogP contribution in [0.15, 0.2) is 18.2 Å². The number of benzene rings is 1. The Hall–Kier alpha value is -1.66. The van der Waals surface area contributed by atoms with E-state index < -0.39 is 0 Å². The third-order valence-corrected chi connectivity index (χ3v) is 3.21. The van der Waals surface area contributed by atoms with Crippen molar-refractivity contribution in [2.75, 3.05) is 5.32 Å². The highest BCUT2D eigenvalue weighted by atomic mass is 35.5. The lowest BCUT2D eigenvalue weighted by atomic mass is 10.3. The van der Waals surface area contributed by atoms with Crippen molar-refractivity contribution >= 4 is 34.7 Å². The molecule has 1 heterocycles. The van der Waals surface area contributed by atoms with Gasteiger partial charge in [-0.2, -0.15) is 0 Å². The molecule has 1 aromatic heterocycles. The van der Waals surface area contributed by atoms with E-state index >= 15 is 0 Å². The number of anilines is 1. The molecular weight excluding hydrogens is 262 g/mol. The molecule has 0 fully saturated rings. The summed E-state index contributed by atoms with van der Waals surface area (Å²) in [6, 6.07) is 4.48. The predicted octanol–water partition coefficient (Wildman–Crippen LogP) is 2.46. The summed E-state index contributed by atoms with van der Waals surface area (Å²) in [4.78, 5) is 12.2. The Morgan fingerprint density at radius 2 is 2.29 bits per heavy atom. The van der Waals surface area contributed by atoms with E-state index in [1.54, 1.807) is 13.0 Å². The summed E-state index contributed by atoms with van der Waals surface area (Å²) in [5.41, 5.74) is 1.04. The fourth-order valence-corrected chi connectivity index (χ4v) is 1.89. The molecule has 1 amide bonds. The first kappa shape index (κ1) is 11.8. The first-order chi connectivity index (χ1) is 8.08. The number of carbonyl (C=O) groups excluding carboxylic acids is 1. The summed E-state index contributed by atoms with van der Waals surface area (Å²) < 4.78 is 3.68. The normalized spacial score (nSPS) is 10.2. The highest BCUT2D eigenvalue weighted by Crippen LogP contribution is 2.26. The second-order valence-electron chi connectivity index (χ2n) is 3.31. The van der Waals surface area contributed by atoms with Crippen molar-refractivity contribution in [3.8, 4) is 5.75 Å². The summed E-state index contributed by atoms with van der Waals surface area (Å²) in [7, 11) is 0. The van der Waals surface area contributed by atoms with Crippen LogP contribution in [0, 0.1) is 6.92 Å². The van der Waals surface area contributed by atoms with Crippen LogP contribution in [0.25, 0.3) is 0 Å². The monoisotopic (exact) mass is 269 g/mol. The van der Waals surface area contributed by atoms with E-state index in [0.29, 0.717) is 16.3 Å². The molecular formula is C10H8ClN3O2S. The molecule has 0 bridgehead atoms. The first-order valence-corrected chi connectivity index (χ1v) is 5.82. The molecule has 7 heteroatoms. The Morgan fingerprint density at radius 1 is 1.53 bits per heavy atom. The van der Waals surface area contributed by atoms with Crippen LogP contribution < -0.4 is 5.32 Å². The average Bonchev–Trinajstić information content (AvgIpc) is 2.70. The Bertz CT molecular complexity index is 570. The van der Waals surface area contributed by atoms with E-state index in [0.717, 1.165) is 11.5 Å². The van der Waals surface area contributed by atoms with Gasteiger partial charge in [0.2, 0.25) is 0 Å². The predicted molar refractivity (Wildman–Crippen MR) is 65.7 cm³/mol. The Kier molecular flexibility index (Phi) is 3.26. The molecule has 0 radical (unpaired) electrons. The maximum absolute atomic E-state index is 11.8. The number of phenolic OH excluding ortho intramolecular Hbond substituents is 1. The van der Waals surface area contributed by atoms with Crippen molar-refractivity contribution in [3.05, 3.63) is 33.8 Å². The van der Waals surface area contributed by atoms with E-state index in [2.05, 4.69) is 14.9 Å². The fraction of sp³-hybridized carbons (Fsp3) is 0.100. The summed E-state index contributed by atoms with van der Waals surface area (Å²) >= 11 is 6.68. The van der Waals surface area contributed by atoms with Crippen LogP contribution in [0.4, 0.5) is 5.69 Å². The van der Waals surface area contributed by atoms with Gasteiger partial charge in [-0.05, 0) is 30.6 Å². The van der Waals surface area contributed by atoms with Gasteiger partial charge >= 0.3 is 0 Å². The van der Waals surface area contributed by atoms with Crippen LogP contribution in [-0.2, 0) is 0 Å². The zero-order valence-corrected chi connectivity index (χ0v) is 10.3. The molecule has 0 unspecified atom stereocenters. The smallest absolute Gasteiger partial charge is 0.269 e. The largest absolute Gasteiger partial charge is 0.506 e. The zero-order valence-electron chi connectivity index (χ0n) is 8.77. The number of hydrogen-bond acceptors (Lipinski definition) is 5. The minimum Gasteiger partial charge on any atom is -0.506 e. The highest BCUT2D eigenvalue weighted by molar-refractivity contribution is 7.08. The van der Waals surface area contributed by atoms with Crippen LogP contribution in [0.1, 0.15) is 15.4 Å². The molecule has 0 saturated carbocycles. The average molecular weight is 270 g/mol. The van der Waals surface area contributed by atoms with Gasteiger partial charge in [0.1, 0.15) is 10.6 Å². The first-order valence-electron chi connectivity index (χ1n) is 4.67. The quantitative estimate of drug-likeness (QED) is 0.878. The number of nitrogens with zero attached hydrogens (tertiary/aromatic N) is 2. The van der Waals surface area contributed by atoms with Crippen LogP contribution in [0.3, 0.4) is 0 Å². The second kappa shape index (κ2) is 4.68. The lowest BCUT2D eigenvalue weighted by molar-refractivity contribution is 0.103. The van der Waals surface area contributed by atoms with Crippen molar-refractivity contribution < 1.29 is 9.90 Å². The number of carbonyl (C=O) groups is 1. The molecule has 0 aliphatic rings. The van der Waals surface area contributed by atoms with Crippen molar-refractivity contribution in [2.24, 2.45) is 0 Å². The number of phenols is 1. The second-order valence-corrected chi connectivity index (χ2v) is 4.47. The zero-order chi connectivity index (χ0) is 12.4. The van der Waals surface area contributed by atoms with Gasteiger partial charge in [0.05, 0.1) is 10.7 Å². The van der Waals surface area contributed by atoms with Crippen molar-refractivity contribution in [3.63, 3.8) is 0 Å². The van der Waals surface area contributed by atoms with E-state index in [1.165, 1.54) is 12.1 Å². The molecule has 2 N–H and O–H groups in total. The van der Waals surface area contributed by atoms with Gasteiger partial charge in [0.15, 0.2) is 0 Å². The van der Waals surface area contributed by atoms with Gasteiger partial charge in [-0.15, -0.1) is 5.10 Å². The molecule has 0 spiro atoms. The SMILES string of the molecule is Cc1nnsc1C(=O)Nc1ccc(Cl)c(O)c1. The standard InChI is InChI=1S/C10H8ClN3O2S/c1-5-9(17-14-13-5)10(16)12-6-2-3-7(11)8(15)4-6/h2-4,15H,1H3,(H,12,16). The van der Waals surface area contributed by atoms with Crippen LogP contribution in [0.2, 0.25) is 5.02 Å². The number of aryl methyl sites for hydroxylation is 1. The Balaban J connectivity index is 2.19. The summed E-state index contributed by atoms with van der Waals surface area (Å²) in [5, 5.41) is 16.0. The van der Waals surface area contributed by atoms with Crippen molar-refractivity contribution in [1.82, 2.24) is 9.59 Å². The number of rotatable bonds is 2. The molecule has 5 nitrogen and oxygen atoms in total. The van der Waals surface area contributed by atoms with Crippen molar-refractivity contribution in [1.29, 1.82) is 0 Å². The maximum atomic E-state index is 11.8. The number of amides is 1. The molecule has 1 aromatic carbocycles. The molecule has 0 aliphatic carbocycles. The van der Waals surface area contributed by atoms with Gasteiger partial charge in [-0.3, -0.25) is 4.79 Å². The third kappa shape index (κ3) is 2.54. The number of hydrogen-bond donors (Lipinski definition) is 2. The van der Waals surface area contributed by atoms with E-state index in [1.807, 2.05) is 0 Å². The molecule has 0 atom stereocenters. The number of halogens is 1. The van der Waals surface area contributed by atoms with E-state index in [9.17, 15) is 9.90 Å². The summed E-state index contributed by atoms with van der Waals surface area (Å²) in [5.74, 6) is -0.386. The maximum Gasteiger partial charge on any atom is 0.269 e. The third-order valence-electron chi connectivity index (χ3n) is 2.06. The van der Waals surface area contributed by atoms with Gasteiger partial charge < -0.3 is 10.4 Å². The minimum absolute atomic E-state index is 0.0800. The summed E-state index contributed by atoms with van der Waals surface area (Å²) in [6.45, 7) is 1.71. The number of aromatic hydroxyl groups is 1. The number of aromatic nitrogens is 2. The molecule has 0 saturated heterocycles. The van der Waals surface area contributed by atoms with E-state index in [-0.39, 0.29) is 16.7 Å². The van der Waals surface area contributed by atoms with Gasteiger partial charge in [-0.25, -0.2) is 0 Å². The van der Waals surface area contributed by atoms with Gasteiger partial charge in [0.25, 0.3) is 5.91 Å². The van der Waals surface area contributed by atoms with Crippen LogP contribution >= 0.6 is 23.1 Å². The lowest BCUT2D eigenvalue weighted by Gasteiger charge is -2.04. The molecule has 2 rings (SSSR count). The summed E-state index contributed by atoms with van der Waals surface area (Å²) in [6.07, 6.45) is 0. The van der Waals surface area contributed by atoms with Gasteiger partial charge in [0, 0.05) is 11.8 Å². The van der Waals surface area contributed by atoms with Crippen LogP contribution in [-0.4, -0.2) is 20.6 Å². The fourth-order valence-electron chi connectivity index (χ4n) is 1.22. The van der Waals surface area contributed by atoms with Crippen molar-refractivity contribution in [2.45, 2.75) is 6.92 Å². The lowest BCUT2D eigenvalue weighted by Crippen LogP contribution is -2.11. The molecule has 2 aromatic rings. The van der Waals surface area contributed by atoms with Crippen LogP contribution in [0.5, 0.6) is 5.75 Å². The minimum atomic E-state index is -0.306. The molecule has 88 valence electrons. The Morgan fingerprint density at radius 3 is 2.88 bits per heavy atom. The topological polar surface area (TPSA) is 75.1 Å². The molecule has 0 aliphatic heterocycles. The number of nitrogens with one attached hydrogen (secondary N) is 1. The Labute approximate surface area is 106 Å². The highest BCUT2D eigenvalue weighted by Gasteiger charge is 2.13. The van der Waals surface area contributed by atoms with E-state index in [4.69, 9.17) is 11.6 Å².